The largest absolute Gasteiger partial charge is 0.495 e. The minimum atomic E-state index is -0.0123. The van der Waals surface area contributed by atoms with Crippen molar-refractivity contribution in [2.45, 2.75) is 32.2 Å². The van der Waals surface area contributed by atoms with Crippen LogP contribution in [-0.4, -0.2) is 37.1 Å². The molecular weight excluding hydrogens is 322 g/mol. The second kappa shape index (κ2) is 7.66. The van der Waals surface area contributed by atoms with Crippen molar-refractivity contribution in [2.75, 3.05) is 25.1 Å². The van der Waals surface area contributed by atoms with Crippen LogP contribution in [0.4, 0.5) is 5.69 Å². The minimum absolute atomic E-state index is 0.0123. The first kappa shape index (κ1) is 16.8. The predicted octanol–water partition coefficient (Wildman–Crippen LogP) is 3.11. The van der Waals surface area contributed by atoms with Crippen LogP contribution in [0.2, 0.25) is 0 Å². The number of aryl methyl sites for hydroxylation is 1. The number of benzene rings is 1. The number of amides is 1. The van der Waals surface area contributed by atoms with Crippen molar-refractivity contribution in [3.63, 3.8) is 0 Å². The number of aromatic nitrogens is 1. The van der Waals surface area contributed by atoms with E-state index in [2.05, 4.69) is 28.2 Å². The van der Waals surface area contributed by atoms with Crippen LogP contribution in [0.1, 0.15) is 34.4 Å². The van der Waals surface area contributed by atoms with Crippen LogP contribution in [0.3, 0.4) is 0 Å². The van der Waals surface area contributed by atoms with E-state index in [9.17, 15) is 4.79 Å². The Kier molecular flexibility index (Phi) is 5.35. The van der Waals surface area contributed by atoms with Gasteiger partial charge in [-0.15, -0.1) is 11.3 Å². The Bertz CT molecular complexity index is 701. The molecule has 5 nitrogen and oxygen atoms in total. The zero-order valence-corrected chi connectivity index (χ0v) is 14.9. The van der Waals surface area contributed by atoms with E-state index in [4.69, 9.17) is 4.74 Å². The number of hydrogen-bond donors (Lipinski definition) is 1. The number of carbonyl (C=O) groups excluding carboxylic acids is 1. The number of rotatable bonds is 6. The summed E-state index contributed by atoms with van der Waals surface area (Å²) in [6, 6.07) is 8.15. The van der Waals surface area contributed by atoms with Gasteiger partial charge in [0.15, 0.2) is 0 Å². The molecule has 6 heteroatoms. The molecule has 0 saturated carbocycles. The normalized spacial score (nSPS) is 17.1. The number of thiazole rings is 1. The highest BCUT2D eigenvalue weighted by Crippen LogP contribution is 2.30. The SMILES string of the molecule is CCCc1ncc(C(=O)NC2CCN(c3ccccc3OC)C2)s1. The Morgan fingerprint density at radius 2 is 2.29 bits per heavy atom. The molecule has 24 heavy (non-hydrogen) atoms. The molecule has 2 aromatic rings. The fourth-order valence-corrected chi connectivity index (χ4v) is 3.91. The lowest BCUT2D eigenvalue weighted by atomic mass is 10.2. The van der Waals surface area contributed by atoms with Gasteiger partial charge >= 0.3 is 0 Å². The standard InChI is InChI=1S/C18H23N3O2S/c1-3-6-17-19-11-16(24-17)18(22)20-13-9-10-21(12-13)14-7-4-5-8-15(14)23-2/h4-5,7-8,11,13H,3,6,9-10,12H2,1-2H3,(H,20,22). The molecule has 0 aliphatic carbocycles. The molecule has 1 atom stereocenters. The van der Waals surface area contributed by atoms with Crippen molar-refractivity contribution in [1.29, 1.82) is 0 Å². The second-order valence-corrected chi connectivity index (χ2v) is 7.06. The molecule has 3 rings (SSSR count). The van der Waals surface area contributed by atoms with Crippen LogP contribution in [0, 0.1) is 0 Å². The van der Waals surface area contributed by atoms with Crippen molar-refractivity contribution in [1.82, 2.24) is 10.3 Å². The van der Waals surface area contributed by atoms with Gasteiger partial charge in [-0.25, -0.2) is 4.98 Å². The molecule has 0 spiro atoms. The molecule has 1 fully saturated rings. The van der Waals surface area contributed by atoms with Gasteiger partial charge in [0, 0.05) is 19.1 Å². The van der Waals surface area contributed by atoms with E-state index < -0.39 is 0 Å². The lowest BCUT2D eigenvalue weighted by molar-refractivity contribution is 0.0944. The summed E-state index contributed by atoms with van der Waals surface area (Å²) >= 11 is 1.50. The molecule has 1 aromatic heterocycles. The van der Waals surface area contributed by atoms with E-state index in [0.717, 1.165) is 48.8 Å². The molecule has 1 aliphatic rings. The monoisotopic (exact) mass is 345 g/mol. The fourth-order valence-electron chi connectivity index (χ4n) is 2.99. The van der Waals surface area contributed by atoms with Gasteiger partial charge in [-0.1, -0.05) is 19.1 Å². The predicted molar refractivity (Wildman–Crippen MR) is 97.2 cm³/mol. The van der Waals surface area contributed by atoms with Crippen LogP contribution >= 0.6 is 11.3 Å². The number of para-hydroxylation sites is 2. The van der Waals surface area contributed by atoms with Crippen molar-refractivity contribution >= 4 is 22.9 Å². The van der Waals surface area contributed by atoms with Crippen LogP contribution in [0.25, 0.3) is 0 Å². The van der Waals surface area contributed by atoms with Gasteiger partial charge in [-0.05, 0) is 31.4 Å². The third kappa shape index (κ3) is 3.70. The van der Waals surface area contributed by atoms with Gasteiger partial charge in [-0.2, -0.15) is 0 Å². The highest BCUT2D eigenvalue weighted by atomic mass is 32.1. The Labute approximate surface area is 146 Å². The van der Waals surface area contributed by atoms with E-state index >= 15 is 0 Å². The van der Waals surface area contributed by atoms with Gasteiger partial charge < -0.3 is 15.0 Å². The second-order valence-electron chi connectivity index (χ2n) is 5.95. The maximum atomic E-state index is 12.4. The number of nitrogens with one attached hydrogen (secondary N) is 1. The number of anilines is 1. The van der Waals surface area contributed by atoms with Crippen LogP contribution in [0.5, 0.6) is 5.75 Å². The quantitative estimate of drug-likeness (QED) is 0.874. The summed E-state index contributed by atoms with van der Waals surface area (Å²) in [6.07, 6.45) is 4.61. The van der Waals surface area contributed by atoms with Gasteiger partial charge in [0.2, 0.25) is 0 Å². The maximum absolute atomic E-state index is 12.4. The number of methoxy groups -OCH3 is 1. The average Bonchev–Trinajstić information content (AvgIpc) is 3.25. The lowest BCUT2D eigenvalue weighted by Gasteiger charge is -2.21. The van der Waals surface area contributed by atoms with Crippen LogP contribution in [-0.2, 0) is 6.42 Å². The molecule has 1 amide bonds. The van der Waals surface area contributed by atoms with E-state index in [-0.39, 0.29) is 11.9 Å². The summed E-state index contributed by atoms with van der Waals surface area (Å²) in [7, 11) is 1.69. The summed E-state index contributed by atoms with van der Waals surface area (Å²) < 4.78 is 5.43. The van der Waals surface area contributed by atoms with Gasteiger partial charge in [0.25, 0.3) is 5.91 Å². The Morgan fingerprint density at radius 1 is 1.46 bits per heavy atom. The van der Waals surface area contributed by atoms with Gasteiger partial charge in [0.05, 0.1) is 24.0 Å². The zero-order valence-electron chi connectivity index (χ0n) is 14.1. The van der Waals surface area contributed by atoms with Crippen molar-refractivity contribution < 1.29 is 9.53 Å². The molecular formula is C18H23N3O2S. The summed E-state index contributed by atoms with van der Waals surface area (Å²) in [5.74, 6) is 0.859. The van der Waals surface area contributed by atoms with E-state index in [1.165, 1.54) is 11.3 Å². The fraction of sp³-hybridized carbons (Fsp3) is 0.444. The molecule has 0 bridgehead atoms. The van der Waals surface area contributed by atoms with E-state index in [0.29, 0.717) is 4.88 Å². The minimum Gasteiger partial charge on any atom is -0.495 e. The topological polar surface area (TPSA) is 54.5 Å². The number of nitrogens with zero attached hydrogens (tertiary/aromatic N) is 2. The summed E-state index contributed by atoms with van der Waals surface area (Å²) in [5.41, 5.74) is 1.08. The Morgan fingerprint density at radius 3 is 3.08 bits per heavy atom. The molecule has 0 radical (unpaired) electrons. The highest BCUT2D eigenvalue weighted by Gasteiger charge is 2.26. The molecule has 1 aromatic carbocycles. The summed E-state index contributed by atoms with van der Waals surface area (Å²) in [4.78, 5) is 19.7. The first-order chi connectivity index (χ1) is 11.7. The summed E-state index contributed by atoms with van der Waals surface area (Å²) in [6.45, 7) is 3.83. The molecule has 128 valence electrons. The molecule has 2 heterocycles. The first-order valence-electron chi connectivity index (χ1n) is 8.34. The molecule has 1 unspecified atom stereocenters. The number of ether oxygens (including phenoxy) is 1. The Hall–Kier alpha value is -2.08. The smallest absolute Gasteiger partial charge is 0.263 e. The summed E-state index contributed by atoms with van der Waals surface area (Å²) in [5, 5.41) is 4.17. The third-order valence-corrected chi connectivity index (χ3v) is 5.25. The van der Waals surface area contributed by atoms with Crippen molar-refractivity contribution in [2.24, 2.45) is 0 Å². The van der Waals surface area contributed by atoms with Crippen molar-refractivity contribution in [3.05, 3.63) is 40.3 Å². The van der Waals surface area contributed by atoms with E-state index in [1.54, 1.807) is 13.3 Å². The lowest BCUT2D eigenvalue weighted by Crippen LogP contribution is -2.36. The zero-order chi connectivity index (χ0) is 16.9. The Balaban J connectivity index is 1.60. The number of carbonyl (C=O) groups is 1. The van der Waals surface area contributed by atoms with Gasteiger partial charge in [-0.3, -0.25) is 4.79 Å². The average molecular weight is 345 g/mol. The van der Waals surface area contributed by atoms with E-state index in [1.807, 2.05) is 18.2 Å². The first-order valence-corrected chi connectivity index (χ1v) is 9.16. The van der Waals surface area contributed by atoms with Gasteiger partial charge in [0.1, 0.15) is 10.6 Å². The molecule has 1 saturated heterocycles. The van der Waals surface area contributed by atoms with Crippen molar-refractivity contribution in [3.8, 4) is 5.75 Å². The molecule has 1 N–H and O–H groups in total. The highest BCUT2D eigenvalue weighted by molar-refractivity contribution is 7.13. The molecule has 1 aliphatic heterocycles. The van der Waals surface area contributed by atoms with Crippen LogP contribution in [0.15, 0.2) is 30.5 Å². The maximum Gasteiger partial charge on any atom is 0.263 e. The van der Waals surface area contributed by atoms with Crippen LogP contribution < -0.4 is 15.0 Å². The third-order valence-electron chi connectivity index (χ3n) is 4.19. The number of hydrogen-bond acceptors (Lipinski definition) is 5.